The Bertz CT molecular complexity index is 188. The molecule has 1 heterocycles. The van der Waals surface area contributed by atoms with Crippen molar-refractivity contribution in [3.8, 4) is 0 Å². The van der Waals surface area contributed by atoms with Crippen LogP contribution in [0.2, 0.25) is 0 Å². The Balaban J connectivity index is 2.59. The molecule has 4 heteroatoms. The van der Waals surface area contributed by atoms with Crippen molar-refractivity contribution in [2.45, 2.75) is 19.8 Å². The number of rotatable bonds is 1. The minimum Gasteiger partial charge on any atom is -0.369 e. The van der Waals surface area contributed by atoms with Crippen molar-refractivity contribution in [2.24, 2.45) is 10.7 Å². The zero-order valence-corrected chi connectivity index (χ0v) is 6.71. The Labute approximate surface area is 66.1 Å². The van der Waals surface area contributed by atoms with Crippen LogP contribution < -0.4 is 5.73 Å². The van der Waals surface area contributed by atoms with Gasteiger partial charge in [-0.25, -0.2) is 0 Å². The number of hydrogen-bond donors (Lipinski definition) is 1. The minimum absolute atomic E-state index is 0.0969. The van der Waals surface area contributed by atoms with Crippen LogP contribution in [0, 0.1) is 0 Å². The van der Waals surface area contributed by atoms with Gasteiger partial charge in [0.25, 0.3) is 0 Å². The first-order chi connectivity index (χ1) is 5.25. The van der Waals surface area contributed by atoms with Crippen LogP contribution in [0.1, 0.15) is 19.8 Å². The first-order valence-corrected chi connectivity index (χ1v) is 3.86. The monoisotopic (exact) mass is 155 g/mol. The molecule has 0 saturated carbocycles. The molecule has 0 radical (unpaired) electrons. The lowest BCUT2D eigenvalue weighted by Gasteiger charge is -2.13. The van der Waals surface area contributed by atoms with E-state index < -0.39 is 0 Å². The van der Waals surface area contributed by atoms with Crippen molar-refractivity contribution in [1.29, 1.82) is 0 Å². The third-order valence-corrected chi connectivity index (χ3v) is 1.67. The van der Waals surface area contributed by atoms with Gasteiger partial charge in [-0.2, -0.15) is 0 Å². The van der Waals surface area contributed by atoms with E-state index >= 15 is 0 Å². The maximum absolute atomic E-state index is 11.1. The summed E-state index contributed by atoms with van der Waals surface area (Å²) in [4.78, 5) is 16.6. The Morgan fingerprint density at radius 2 is 2.55 bits per heavy atom. The summed E-state index contributed by atoms with van der Waals surface area (Å²) >= 11 is 0. The summed E-state index contributed by atoms with van der Waals surface area (Å²) in [5.41, 5.74) is 5.54. The van der Waals surface area contributed by atoms with Crippen molar-refractivity contribution in [2.75, 3.05) is 13.1 Å². The maximum atomic E-state index is 11.1. The highest BCUT2D eigenvalue weighted by Crippen LogP contribution is 2.08. The SMILES string of the molecule is CCN=C(N)N1CCCC1=O. The van der Waals surface area contributed by atoms with Gasteiger partial charge in [-0.3, -0.25) is 14.7 Å². The average molecular weight is 155 g/mol. The number of nitrogens with zero attached hydrogens (tertiary/aromatic N) is 2. The van der Waals surface area contributed by atoms with Crippen LogP contribution in [0.25, 0.3) is 0 Å². The lowest BCUT2D eigenvalue weighted by molar-refractivity contribution is -0.124. The van der Waals surface area contributed by atoms with Gasteiger partial charge in [-0.1, -0.05) is 0 Å². The second kappa shape index (κ2) is 3.37. The van der Waals surface area contributed by atoms with Crippen LogP contribution in [0.4, 0.5) is 0 Å². The second-order valence-electron chi connectivity index (χ2n) is 2.48. The molecule has 1 saturated heterocycles. The molecule has 0 atom stereocenters. The Kier molecular flexibility index (Phi) is 2.46. The number of amides is 1. The van der Waals surface area contributed by atoms with E-state index in [9.17, 15) is 4.79 Å². The largest absolute Gasteiger partial charge is 0.369 e. The molecule has 0 bridgehead atoms. The fourth-order valence-electron chi connectivity index (χ4n) is 1.14. The fourth-order valence-corrected chi connectivity index (χ4v) is 1.14. The summed E-state index contributed by atoms with van der Waals surface area (Å²) in [6.07, 6.45) is 1.51. The number of carbonyl (C=O) groups excluding carboxylic acids is 1. The highest BCUT2D eigenvalue weighted by atomic mass is 16.2. The Morgan fingerprint density at radius 1 is 1.82 bits per heavy atom. The van der Waals surface area contributed by atoms with Crippen LogP contribution in [0.3, 0.4) is 0 Å². The molecule has 1 rings (SSSR count). The van der Waals surface area contributed by atoms with E-state index in [-0.39, 0.29) is 5.91 Å². The molecule has 4 nitrogen and oxygen atoms in total. The van der Waals surface area contributed by atoms with Crippen molar-refractivity contribution < 1.29 is 4.79 Å². The van der Waals surface area contributed by atoms with Crippen molar-refractivity contribution in [3.05, 3.63) is 0 Å². The molecule has 0 aromatic carbocycles. The number of carbonyl (C=O) groups is 1. The molecule has 2 N–H and O–H groups in total. The summed E-state index contributed by atoms with van der Waals surface area (Å²) < 4.78 is 0. The van der Waals surface area contributed by atoms with Crippen LogP contribution in [-0.4, -0.2) is 29.9 Å². The predicted molar refractivity (Wildman–Crippen MR) is 43.1 cm³/mol. The standard InChI is InChI=1S/C7H13N3O/c1-2-9-7(8)10-5-3-4-6(10)11/h2-5H2,1H3,(H2,8,9). The van der Waals surface area contributed by atoms with Gasteiger partial charge in [0, 0.05) is 19.5 Å². The summed E-state index contributed by atoms with van der Waals surface area (Å²) in [5, 5.41) is 0. The first kappa shape index (κ1) is 8.04. The molecule has 0 aliphatic carbocycles. The predicted octanol–water partition coefficient (Wildman–Crippen LogP) is -0.0566. The molecule has 1 aliphatic rings. The van der Waals surface area contributed by atoms with Crippen molar-refractivity contribution in [1.82, 2.24) is 4.90 Å². The molecule has 1 amide bonds. The molecule has 0 aromatic heterocycles. The van der Waals surface area contributed by atoms with Gasteiger partial charge in [0.15, 0.2) is 5.96 Å². The Hall–Kier alpha value is -1.06. The van der Waals surface area contributed by atoms with Gasteiger partial charge in [0.2, 0.25) is 5.91 Å². The number of likely N-dealkylation sites (tertiary alicyclic amines) is 1. The molecule has 62 valence electrons. The maximum Gasteiger partial charge on any atom is 0.229 e. The van der Waals surface area contributed by atoms with E-state index in [0.717, 1.165) is 13.0 Å². The van der Waals surface area contributed by atoms with Crippen LogP contribution >= 0.6 is 0 Å². The average Bonchev–Trinajstić information content (AvgIpc) is 2.36. The van der Waals surface area contributed by atoms with E-state index in [2.05, 4.69) is 4.99 Å². The summed E-state index contributed by atoms with van der Waals surface area (Å²) in [7, 11) is 0. The van der Waals surface area contributed by atoms with Gasteiger partial charge in [0.05, 0.1) is 0 Å². The van der Waals surface area contributed by atoms with Crippen molar-refractivity contribution in [3.63, 3.8) is 0 Å². The fraction of sp³-hybridized carbons (Fsp3) is 0.714. The number of hydrogen-bond acceptors (Lipinski definition) is 2. The highest BCUT2D eigenvalue weighted by molar-refractivity contribution is 5.97. The lowest BCUT2D eigenvalue weighted by Crippen LogP contribution is -2.38. The van der Waals surface area contributed by atoms with E-state index in [4.69, 9.17) is 5.73 Å². The van der Waals surface area contributed by atoms with Gasteiger partial charge in [-0.15, -0.1) is 0 Å². The van der Waals surface area contributed by atoms with Gasteiger partial charge in [0.1, 0.15) is 0 Å². The summed E-state index contributed by atoms with van der Waals surface area (Å²) in [6, 6.07) is 0. The number of aliphatic imine (C=N–C) groups is 1. The molecule has 0 unspecified atom stereocenters. The van der Waals surface area contributed by atoms with Crippen LogP contribution in [0.5, 0.6) is 0 Å². The lowest BCUT2D eigenvalue weighted by atomic mass is 10.4. The smallest absolute Gasteiger partial charge is 0.229 e. The van der Waals surface area contributed by atoms with Gasteiger partial charge >= 0.3 is 0 Å². The van der Waals surface area contributed by atoms with E-state index in [1.807, 2.05) is 6.92 Å². The van der Waals surface area contributed by atoms with E-state index in [1.165, 1.54) is 0 Å². The normalized spacial score (nSPS) is 19.5. The number of guanidine groups is 1. The topological polar surface area (TPSA) is 58.7 Å². The summed E-state index contributed by atoms with van der Waals surface area (Å²) in [5.74, 6) is 0.467. The molecule has 0 aromatic rings. The third-order valence-electron chi connectivity index (χ3n) is 1.67. The quantitative estimate of drug-likeness (QED) is 0.426. The Morgan fingerprint density at radius 3 is 3.00 bits per heavy atom. The second-order valence-corrected chi connectivity index (χ2v) is 2.48. The van der Waals surface area contributed by atoms with Crippen LogP contribution in [0.15, 0.2) is 4.99 Å². The van der Waals surface area contributed by atoms with Gasteiger partial charge in [-0.05, 0) is 13.3 Å². The van der Waals surface area contributed by atoms with E-state index in [1.54, 1.807) is 4.90 Å². The van der Waals surface area contributed by atoms with Gasteiger partial charge < -0.3 is 5.73 Å². The molecule has 1 aliphatic heterocycles. The van der Waals surface area contributed by atoms with Crippen LogP contribution in [-0.2, 0) is 4.79 Å². The molecule has 1 fully saturated rings. The molecule has 11 heavy (non-hydrogen) atoms. The molecule has 0 spiro atoms. The zero-order chi connectivity index (χ0) is 8.27. The zero-order valence-electron chi connectivity index (χ0n) is 6.71. The molecular weight excluding hydrogens is 142 g/mol. The van der Waals surface area contributed by atoms with Crippen molar-refractivity contribution >= 4 is 11.9 Å². The first-order valence-electron chi connectivity index (χ1n) is 3.86. The highest BCUT2D eigenvalue weighted by Gasteiger charge is 2.22. The summed E-state index contributed by atoms with van der Waals surface area (Å²) in [6.45, 7) is 3.26. The van der Waals surface area contributed by atoms with E-state index in [0.29, 0.717) is 18.9 Å². The third kappa shape index (κ3) is 1.69. The number of nitrogens with two attached hydrogens (primary N) is 1. The molecular formula is C7H13N3O. The minimum atomic E-state index is 0.0969.